The molecule has 0 aromatic carbocycles. The largest absolute Gasteiger partial charge is 0.255 e. The minimum absolute atomic E-state index is 0.220. The van der Waals surface area contributed by atoms with Crippen LogP contribution in [0.5, 0.6) is 0 Å². The normalized spacial score (nSPS) is 25.1. The lowest BCUT2D eigenvalue weighted by Crippen LogP contribution is -2.21. The second kappa shape index (κ2) is 8.92. The van der Waals surface area contributed by atoms with E-state index in [1.807, 2.05) is 0 Å². The van der Waals surface area contributed by atoms with E-state index in [2.05, 4.69) is 4.40 Å². The molecule has 2 aliphatic rings. The summed E-state index contributed by atoms with van der Waals surface area (Å²) >= 11 is 0. The lowest BCUT2D eigenvalue weighted by atomic mass is 9.92. The maximum atomic E-state index is 12.4. The lowest BCUT2D eigenvalue weighted by Gasteiger charge is -2.18. The number of nitrogens with zero attached hydrogens (tertiary/aromatic N) is 1. The highest BCUT2D eigenvalue weighted by Crippen LogP contribution is 2.25. The van der Waals surface area contributed by atoms with E-state index in [1.165, 1.54) is 51.4 Å². The summed E-state index contributed by atoms with van der Waals surface area (Å²) in [4.78, 5) is 0. The van der Waals surface area contributed by atoms with Gasteiger partial charge >= 0.3 is 0 Å². The summed E-state index contributed by atoms with van der Waals surface area (Å²) in [6.45, 7) is 0. The van der Waals surface area contributed by atoms with Crippen LogP contribution in [0.2, 0.25) is 0 Å². The predicted octanol–water partition coefficient (Wildman–Crippen LogP) is 4.86. The van der Waals surface area contributed by atoms with Crippen LogP contribution in [-0.4, -0.2) is 19.9 Å². The van der Waals surface area contributed by atoms with Gasteiger partial charge in [0.1, 0.15) is 0 Å². The molecular formula is C17H31NO2S. The summed E-state index contributed by atoms with van der Waals surface area (Å²) in [5.41, 5.74) is 0. The highest BCUT2D eigenvalue weighted by molar-refractivity contribution is 7.90. The van der Waals surface area contributed by atoms with E-state index in [9.17, 15) is 8.42 Å². The smallest absolute Gasteiger partial charge is 0.204 e. The fraction of sp³-hybridized carbons (Fsp3) is 0.941. The van der Waals surface area contributed by atoms with Crippen molar-refractivity contribution in [3.05, 3.63) is 0 Å². The Balaban J connectivity index is 1.92. The standard InChI is InChI=1S/C17H31NO2S/c19-21(20,17-13-9-5-2-6-10-14-17)18-15-16-11-7-3-1-4-8-12-16/h15-17H,1-14H2/b18-15+. The van der Waals surface area contributed by atoms with Crippen LogP contribution in [0.4, 0.5) is 0 Å². The zero-order chi connectivity index (χ0) is 15.0. The molecule has 4 heteroatoms. The van der Waals surface area contributed by atoms with Crippen LogP contribution in [0, 0.1) is 5.92 Å². The van der Waals surface area contributed by atoms with Gasteiger partial charge in [0.05, 0.1) is 5.25 Å². The molecule has 0 radical (unpaired) electrons. The molecule has 0 spiro atoms. The molecule has 0 heterocycles. The molecule has 0 aromatic heterocycles. The minimum atomic E-state index is -3.27. The molecule has 21 heavy (non-hydrogen) atoms. The Morgan fingerprint density at radius 3 is 1.62 bits per heavy atom. The SMILES string of the molecule is O=S(=O)(/N=C/C1CCCCCCC1)C1CCCCCCC1. The third-order valence-electron chi connectivity index (χ3n) is 5.04. The number of hydrogen-bond acceptors (Lipinski definition) is 2. The van der Waals surface area contributed by atoms with Gasteiger partial charge in [-0.2, -0.15) is 4.40 Å². The number of rotatable bonds is 3. The average Bonchev–Trinajstić information content (AvgIpc) is 2.36. The lowest BCUT2D eigenvalue weighted by molar-refractivity contribution is 0.457. The van der Waals surface area contributed by atoms with Crippen LogP contribution < -0.4 is 0 Å². The van der Waals surface area contributed by atoms with E-state index < -0.39 is 10.0 Å². The first-order valence-corrected chi connectivity index (χ1v) is 10.5. The van der Waals surface area contributed by atoms with E-state index >= 15 is 0 Å². The maximum Gasteiger partial charge on any atom is 0.255 e. The van der Waals surface area contributed by atoms with Crippen molar-refractivity contribution < 1.29 is 8.42 Å². The Bertz CT molecular complexity index is 401. The Hall–Kier alpha value is -0.380. The van der Waals surface area contributed by atoms with Crippen LogP contribution in [-0.2, 0) is 10.0 Å². The van der Waals surface area contributed by atoms with Crippen LogP contribution in [0.3, 0.4) is 0 Å². The maximum absolute atomic E-state index is 12.4. The molecule has 0 atom stereocenters. The Morgan fingerprint density at radius 2 is 1.10 bits per heavy atom. The van der Waals surface area contributed by atoms with E-state index in [0.29, 0.717) is 5.92 Å². The molecular weight excluding hydrogens is 282 g/mol. The second-order valence-electron chi connectivity index (χ2n) is 6.84. The van der Waals surface area contributed by atoms with Gasteiger partial charge in [-0.1, -0.05) is 64.2 Å². The zero-order valence-electron chi connectivity index (χ0n) is 13.3. The predicted molar refractivity (Wildman–Crippen MR) is 89.3 cm³/mol. The molecule has 0 unspecified atom stereocenters. The summed E-state index contributed by atoms with van der Waals surface area (Å²) in [7, 11) is -3.27. The van der Waals surface area contributed by atoms with Crippen molar-refractivity contribution in [3.8, 4) is 0 Å². The van der Waals surface area contributed by atoms with E-state index in [1.54, 1.807) is 6.21 Å². The van der Waals surface area contributed by atoms with Crippen molar-refractivity contribution in [3.63, 3.8) is 0 Å². The second-order valence-corrected chi connectivity index (χ2v) is 8.75. The van der Waals surface area contributed by atoms with Crippen molar-refractivity contribution >= 4 is 16.2 Å². The fourth-order valence-corrected chi connectivity index (χ4v) is 5.05. The molecule has 0 N–H and O–H groups in total. The highest BCUT2D eigenvalue weighted by Gasteiger charge is 2.25. The summed E-state index contributed by atoms with van der Waals surface area (Å²) < 4.78 is 29.0. The van der Waals surface area contributed by atoms with Gasteiger partial charge in [-0.3, -0.25) is 0 Å². The van der Waals surface area contributed by atoms with Gasteiger partial charge in [-0.15, -0.1) is 0 Å². The molecule has 2 saturated carbocycles. The average molecular weight is 314 g/mol. The first-order valence-electron chi connectivity index (χ1n) is 8.98. The van der Waals surface area contributed by atoms with Crippen LogP contribution in [0.15, 0.2) is 4.40 Å². The minimum Gasteiger partial charge on any atom is -0.204 e. The zero-order valence-corrected chi connectivity index (χ0v) is 14.1. The van der Waals surface area contributed by atoms with Crippen LogP contribution in [0.1, 0.15) is 89.9 Å². The molecule has 0 aliphatic heterocycles. The van der Waals surface area contributed by atoms with E-state index in [-0.39, 0.29) is 5.25 Å². The molecule has 2 fully saturated rings. The van der Waals surface area contributed by atoms with Gasteiger partial charge in [0.15, 0.2) is 0 Å². The quantitative estimate of drug-likeness (QED) is 0.698. The van der Waals surface area contributed by atoms with Gasteiger partial charge in [-0.05, 0) is 31.6 Å². The van der Waals surface area contributed by atoms with E-state index in [4.69, 9.17) is 0 Å². The number of sulfonamides is 1. The van der Waals surface area contributed by atoms with Crippen molar-refractivity contribution in [1.29, 1.82) is 0 Å². The van der Waals surface area contributed by atoms with Crippen molar-refractivity contribution in [1.82, 2.24) is 0 Å². The molecule has 122 valence electrons. The van der Waals surface area contributed by atoms with Crippen LogP contribution in [0.25, 0.3) is 0 Å². The topological polar surface area (TPSA) is 46.5 Å². The van der Waals surface area contributed by atoms with Gasteiger partial charge in [-0.25, -0.2) is 8.42 Å². The molecule has 0 bridgehead atoms. The summed E-state index contributed by atoms with van der Waals surface area (Å²) in [5, 5.41) is -0.220. The Kier molecular flexibility index (Phi) is 7.21. The van der Waals surface area contributed by atoms with Crippen molar-refractivity contribution in [2.45, 2.75) is 95.1 Å². The third kappa shape index (κ3) is 6.09. The summed E-state index contributed by atoms with van der Waals surface area (Å²) in [6.07, 6.45) is 17.7. The van der Waals surface area contributed by atoms with Gasteiger partial charge < -0.3 is 0 Å². The van der Waals surface area contributed by atoms with Gasteiger partial charge in [0, 0.05) is 6.21 Å². The molecule has 0 aromatic rings. The Labute approximate surface area is 130 Å². The molecule has 0 amide bonds. The highest BCUT2D eigenvalue weighted by atomic mass is 32.2. The van der Waals surface area contributed by atoms with Crippen molar-refractivity contribution in [2.75, 3.05) is 0 Å². The van der Waals surface area contributed by atoms with E-state index in [0.717, 1.165) is 38.5 Å². The monoisotopic (exact) mass is 313 g/mol. The first kappa shape index (κ1) is 17.0. The van der Waals surface area contributed by atoms with Gasteiger partial charge in [0.25, 0.3) is 10.0 Å². The van der Waals surface area contributed by atoms with Crippen LogP contribution >= 0.6 is 0 Å². The molecule has 3 nitrogen and oxygen atoms in total. The molecule has 2 aliphatic carbocycles. The molecule has 2 rings (SSSR count). The van der Waals surface area contributed by atoms with Gasteiger partial charge in [0.2, 0.25) is 0 Å². The van der Waals surface area contributed by atoms with Crippen molar-refractivity contribution in [2.24, 2.45) is 10.3 Å². The molecule has 0 saturated heterocycles. The summed E-state index contributed by atoms with van der Waals surface area (Å²) in [5.74, 6) is 0.383. The fourth-order valence-electron chi connectivity index (χ4n) is 3.61. The Morgan fingerprint density at radius 1 is 0.667 bits per heavy atom. The first-order chi connectivity index (χ1) is 10.2. The third-order valence-corrected chi connectivity index (χ3v) is 6.77. The number of hydrogen-bond donors (Lipinski definition) is 0. The summed E-state index contributed by atoms with van der Waals surface area (Å²) in [6, 6.07) is 0.